The Bertz CT molecular complexity index is 685. The van der Waals surface area contributed by atoms with Gasteiger partial charge in [0, 0.05) is 13.6 Å². The van der Waals surface area contributed by atoms with Crippen molar-refractivity contribution in [3.63, 3.8) is 0 Å². The topological polar surface area (TPSA) is 72.5 Å². The highest BCUT2D eigenvalue weighted by Crippen LogP contribution is 2.28. The van der Waals surface area contributed by atoms with Crippen LogP contribution in [0.5, 0.6) is 11.5 Å². The first-order chi connectivity index (χ1) is 11.1. The lowest BCUT2D eigenvalue weighted by molar-refractivity contribution is 0.0966. The SMILES string of the molecule is CNC(=O)c1sc(NCCc2ccc(OC)c(OC)c2)nc1C. The predicted octanol–water partition coefficient (Wildman–Crippen LogP) is 2.48. The van der Waals surface area contributed by atoms with E-state index >= 15 is 0 Å². The van der Waals surface area contributed by atoms with Crippen molar-refractivity contribution in [1.82, 2.24) is 10.3 Å². The van der Waals surface area contributed by atoms with Crippen LogP contribution >= 0.6 is 11.3 Å². The largest absolute Gasteiger partial charge is 0.493 e. The van der Waals surface area contributed by atoms with Gasteiger partial charge in [0.15, 0.2) is 16.6 Å². The Balaban J connectivity index is 1.96. The number of anilines is 1. The number of aryl methyl sites for hydroxylation is 1. The third-order valence-electron chi connectivity index (χ3n) is 3.37. The van der Waals surface area contributed by atoms with Crippen LogP contribution in [-0.4, -0.2) is 38.7 Å². The third-order valence-corrected chi connectivity index (χ3v) is 4.48. The van der Waals surface area contributed by atoms with Gasteiger partial charge in [0.25, 0.3) is 5.91 Å². The fraction of sp³-hybridized carbons (Fsp3) is 0.375. The first-order valence-electron chi connectivity index (χ1n) is 7.23. The zero-order chi connectivity index (χ0) is 16.8. The minimum atomic E-state index is -0.104. The number of thiazole rings is 1. The number of nitrogens with zero attached hydrogens (tertiary/aromatic N) is 1. The molecule has 1 heterocycles. The monoisotopic (exact) mass is 335 g/mol. The number of carbonyl (C=O) groups excluding carboxylic acids is 1. The van der Waals surface area contributed by atoms with Gasteiger partial charge in [-0.25, -0.2) is 4.98 Å². The maximum atomic E-state index is 11.7. The number of hydrogen-bond acceptors (Lipinski definition) is 6. The Morgan fingerprint density at radius 2 is 2.00 bits per heavy atom. The van der Waals surface area contributed by atoms with Gasteiger partial charge in [0.1, 0.15) is 4.88 Å². The van der Waals surface area contributed by atoms with Gasteiger partial charge in [-0.15, -0.1) is 0 Å². The van der Waals surface area contributed by atoms with Crippen molar-refractivity contribution < 1.29 is 14.3 Å². The standard InChI is InChI=1S/C16H21N3O3S/c1-10-14(15(20)17-2)23-16(19-10)18-8-7-11-5-6-12(21-3)13(9-11)22-4/h5-6,9H,7-8H2,1-4H3,(H,17,20)(H,18,19). The first-order valence-corrected chi connectivity index (χ1v) is 8.05. The summed E-state index contributed by atoms with van der Waals surface area (Å²) in [5.74, 6) is 1.33. The summed E-state index contributed by atoms with van der Waals surface area (Å²) >= 11 is 1.36. The summed E-state index contributed by atoms with van der Waals surface area (Å²) in [7, 11) is 4.86. The highest BCUT2D eigenvalue weighted by Gasteiger charge is 2.13. The lowest BCUT2D eigenvalue weighted by Crippen LogP contribution is -2.17. The van der Waals surface area contributed by atoms with Crippen LogP contribution in [0.25, 0.3) is 0 Å². The molecule has 0 aliphatic heterocycles. The molecule has 0 aliphatic rings. The average molecular weight is 335 g/mol. The van der Waals surface area contributed by atoms with E-state index < -0.39 is 0 Å². The summed E-state index contributed by atoms with van der Waals surface area (Å²) in [5.41, 5.74) is 1.87. The molecule has 0 spiro atoms. The van der Waals surface area contributed by atoms with Crippen LogP contribution in [0, 0.1) is 6.92 Å². The van der Waals surface area contributed by atoms with Crippen molar-refractivity contribution >= 4 is 22.4 Å². The Labute approximate surface area is 139 Å². The van der Waals surface area contributed by atoms with E-state index in [1.807, 2.05) is 25.1 Å². The molecular weight excluding hydrogens is 314 g/mol. The van der Waals surface area contributed by atoms with Crippen molar-refractivity contribution in [2.45, 2.75) is 13.3 Å². The lowest BCUT2D eigenvalue weighted by atomic mass is 10.1. The number of carbonyl (C=O) groups is 1. The average Bonchev–Trinajstić information content (AvgIpc) is 2.94. The minimum absolute atomic E-state index is 0.104. The normalized spacial score (nSPS) is 10.3. The van der Waals surface area contributed by atoms with Crippen LogP contribution in [0.15, 0.2) is 18.2 Å². The van der Waals surface area contributed by atoms with Gasteiger partial charge in [0.05, 0.1) is 19.9 Å². The second-order valence-electron chi connectivity index (χ2n) is 4.88. The van der Waals surface area contributed by atoms with Crippen molar-refractivity contribution in [1.29, 1.82) is 0 Å². The summed E-state index contributed by atoms with van der Waals surface area (Å²) < 4.78 is 10.5. The van der Waals surface area contributed by atoms with Crippen molar-refractivity contribution in [3.8, 4) is 11.5 Å². The van der Waals surface area contributed by atoms with Gasteiger partial charge >= 0.3 is 0 Å². The van der Waals surface area contributed by atoms with Crippen LogP contribution in [-0.2, 0) is 6.42 Å². The maximum absolute atomic E-state index is 11.7. The van der Waals surface area contributed by atoms with Crippen LogP contribution in [0.2, 0.25) is 0 Å². The zero-order valence-corrected chi connectivity index (χ0v) is 14.5. The molecule has 124 valence electrons. The molecule has 7 heteroatoms. The quantitative estimate of drug-likeness (QED) is 0.813. The van der Waals surface area contributed by atoms with Crippen LogP contribution in [0.1, 0.15) is 20.9 Å². The van der Waals surface area contributed by atoms with Crippen LogP contribution < -0.4 is 20.1 Å². The molecule has 0 unspecified atom stereocenters. The molecule has 1 amide bonds. The molecule has 2 rings (SSSR count). The Morgan fingerprint density at radius 1 is 1.26 bits per heavy atom. The van der Waals surface area contributed by atoms with E-state index in [9.17, 15) is 4.79 Å². The summed E-state index contributed by atoms with van der Waals surface area (Å²) in [6, 6.07) is 5.86. The van der Waals surface area contributed by atoms with Gasteiger partial charge in [-0.05, 0) is 31.0 Å². The zero-order valence-electron chi connectivity index (χ0n) is 13.7. The molecule has 0 saturated carbocycles. The van der Waals surface area contributed by atoms with Crippen molar-refractivity contribution in [2.75, 3.05) is 33.1 Å². The molecule has 0 bridgehead atoms. The lowest BCUT2D eigenvalue weighted by Gasteiger charge is -2.09. The second kappa shape index (κ2) is 7.82. The van der Waals surface area contributed by atoms with E-state index in [2.05, 4.69) is 15.6 Å². The first kappa shape index (κ1) is 17.1. The molecule has 0 aliphatic carbocycles. The van der Waals surface area contributed by atoms with E-state index in [4.69, 9.17) is 9.47 Å². The molecule has 0 radical (unpaired) electrons. The van der Waals surface area contributed by atoms with Gasteiger partial charge in [-0.3, -0.25) is 4.79 Å². The number of aromatic nitrogens is 1. The maximum Gasteiger partial charge on any atom is 0.263 e. The fourth-order valence-corrected chi connectivity index (χ4v) is 3.08. The number of hydrogen-bond donors (Lipinski definition) is 2. The van der Waals surface area contributed by atoms with E-state index in [0.717, 1.165) is 40.9 Å². The number of methoxy groups -OCH3 is 2. The number of ether oxygens (including phenoxy) is 2. The van der Waals surface area contributed by atoms with Crippen molar-refractivity contribution in [3.05, 3.63) is 34.3 Å². The number of rotatable bonds is 7. The molecule has 23 heavy (non-hydrogen) atoms. The van der Waals surface area contributed by atoms with E-state index in [-0.39, 0.29) is 5.91 Å². The summed E-state index contributed by atoms with van der Waals surface area (Å²) in [6.45, 7) is 2.55. The molecule has 1 aromatic heterocycles. The van der Waals surface area contributed by atoms with E-state index in [1.54, 1.807) is 21.3 Å². The molecule has 0 fully saturated rings. The summed E-state index contributed by atoms with van der Waals surface area (Å²) in [5, 5.41) is 6.62. The molecule has 2 aromatic rings. The minimum Gasteiger partial charge on any atom is -0.493 e. The molecule has 0 saturated heterocycles. The third kappa shape index (κ3) is 4.13. The van der Waals surface area contributed by atoms with Gasteiger partial charge < -0.3 is 20.1 Å². The van der Waals surface area contributed by atoms with Gasteiger partial charge in [-0.1, -0.05) is 17.4 Å². The van der Waals surface area contributed by atoms with Gasteiger partial charge in [-0.2, -0.15) is 0 Å². The van der Waals surface area contributed by atoms with E-state index in [0.29, 0.717) is 4.88 Å². The molecule has 2 N–H and O–H groups in total. The highest BCUT2D eigenvalue weighted by molar-refractivity contribution is 7.17. The van der Waals surface area contributed by atoms with E-state index in [1.165, 1.54) is 11.3 Å². The summed E-state index contributed by atoms with van der Waals surface area (Å²) in [6.07, 6.45) is 0.814. The molecule has 6 nitrogen and oxygen atoms in total. The molecule has 0 atom stereocenters. The fourth-order valence-electron chi connectivity index (χ4n) is 2.15. The number of benzene rings is 1. The second-order valence-corrected chi connectivity index (χ2v) is 5.88. The summed E-state index contributed by atoms with van der Waals surface area (Å²) in [4.78, 5) is 16.7. The van der Waals surface area contributed by atoms with Crippen LogP contribution in [0.4, 0.5) is 5.13 Å². The molecule has 1 aromatic carbocycles. The highest BCUT2D eigenvalue weighted by atomic mass is 32.1. The Hall–Kier alpha value is -2.28. The Kier molecular flexibility index (Phi) is 5.81. The van der Waals surface area contributed by atoms with Gasteiger partial charge in [0.2, 0.25) is 0 Å². The van der Waals surface area contributed by atoms with Crippen LogP contribution in [0.3, 0.4) is 0 Å². The Morgan fingerprint density at radius 3 is 2.65 bits per heavy atom. The number of nitrogens with one attached hydrogen (secondary N) is 2. The smallest absolute Gasteiger partial charge is 0.263 e. The predicted molar refractivity (Wildman–Crippen MR) is 92.0 cm³/mol. The molecular formula is C16H21N3O3S. The van der Waals surface area contributed by atoms with Crippen molar-refractivity contribution in [2.24, 2.45) is 0 Å². The number of amides is 1.